The second-order valence-corrected chi connectivity index (χ2v) is 7.23. The van der Waals surface area contributed by atoms with E-state index in [2.05, 4.69) is 14.7 Å². The first-order valence-corrected chi connectivity index (χ1v) is 8.62. The molecule has 23 heavy (non-hydrogen) atoms. The zero-order chi connectivity index (χ0) is 16.4. The summed E-state index contributed by atoms with van der Waals surface area (Å²) < 4.78 is 36.5. The fraction of sp³-hybridized carbons (Fsp3) is 0.429. The highest BCUT2D eigenvalue weighted by Crippen LogP contribution is 2.29. The Morgan fingerprint density at radius 3 is 2.78 bits per heavy atom. The van der Waals surface area contributed by atoms with Crippen molar-refractivity contribution in [3.63, 3.8) is 0 Å². The number of hydrogen-bond donors (Lipinski definition) is 1. The highest BCUT2D eigenvalue weighted by atomic mass is 32.2. The number of aromatic amines is 1. The van der Waals surface area contributed by atoms with Crippen LogP contribution in [0.3, 0.4) is 0 Å². The van der Waals surface area contributed by atoms with Crippen LogP contribution in [0.1, 0.15) is 35.1 Å². The summed E-state index contributed by atoms with van der Waals surface area (Å²) in [4.78, 5) is 18.2. The maximum atomic E-state index is 12.6. The summed E-state index contributed by atoms with van der Waals surface area (Å²) in [5, 5.41) is 0. The Morgan fingerprint density at radius 2 is 2.17 bits per heavy atom. The Morgan fingerprint density at radius 1 is 1.43 bits per heavy atom. The lowest BCUT2D eigenvalue weighted by atomic mass is 9.98. The molecule has 0 aromatic carbocycles. The van der Waals surface area contributed by atoms with Crippen LogP contribution in [-0.4, -0.2) is 48.9 Å². The molecule has 1 aliphatic heterocycles. The smallest absolute Gasteiger partial charge is 0.354 e. The lowest BCUT2D eigenvalue weighted by molar-refractivity contribution is 0.0594. The number of hydrogen-bond acceptors (Lipinski definition) is 6. The van der Waals surface area contributed by atoms with Crippen molar-refractivity contribution < 1.29 is 22.4 Å². The molecule has 124 valence electrons. The van der Waals surface area contributed by atoms with Crippen LogP contribution in [0.4, 0.5) is 0 Å². The minimum absolute atomic E-state index is 0.0625. The van der Waals surface area contributed by atoms with E-state index in [-0.39, 0.29) is 16.5 Å². The summed E-state index contributed by atoms with van der Waals surface area (Å²) >= 11 is 0. The lowest BCUT2D eigenvalue weighted by Crippen LogP contribution is -2.37. The molecule has 0 unspecified atom stereocenters. The molecular weight excluding hydrogens is 322 g/mol. The Bertz CT molecular complexity index is 773. The second kappa shape index (κ2) is 6.17. The minimum Gasteiger partial charge on any atom is -0.464 e. The summed E-state index contributed by atoms with van der Waals surface area (Å²) in [5.74, 6) is 0.180. The van der Waals surface area contributed by atoms with E-state index in [1.165, 1.54) is 29.9 Å². The van der Waals surface area contributed by atoms with Crippen molar-refractivity contribution in [2.45, 2.75) is 23.7 Å². The van der Waals surface area contributed by atoms with Gasteiger partial charge in [-0.1, -0.05) is 0 Å². The molecule has 1 saturated heterocycles. The van der Waals surface area contributed by atoms with E-state index in [1.54, 1.807) is 6.20 Å². The first-order valence-electron chi connectivity index (χ1n) is 7.18. The van der Waals surface area contributed by atoms with E-state index in [0.717, 1.165) is 0 Å². The number of H-pyrrole nitrogens is 1. The van der Waals surface area contributed by atoms with Gasteiger partial charge in [-0.15, -0.1) is 0 Å². The van der Waals surface area contributed by atoms with Gasteiger partial charge in [0.1, 0.15) is 16.9 Å². The summed E-state index contributed by atoms with van der Waals surface area (Å²) in [6, 6.07) is 1.29. The van der Waals surface area contributed by atoms with Crippen LogP contribution in [-0.2, 0) is 14.8 Å². The Labute approximate surface area is 133 Å². The molecule has 1 aliphatic rings. The van der Waals surface area contributed by atoms with Crippen molar-refractivity contribution in [3.05, 3.63) is 36.3 Å². The molecule has 2 aromatic rings. The molecule has 0 spiro atoms. The lowest BCUT2D eigenvalue weighted by Gasteiger charge is -2.29. The summed E-state index contributed by atoms with van der Waals surface area (Å²) in [6.45, 7) is 0.766. The van der Waals surface area contributed by atoms with Crippen molar-refractivity contribution in [3.8, 4) is 0 Å². The van der Waals surface area contributed by atoms with Gasteiger partial charge in [0.15, 0.2) is 5.89 Å². The number of nitrogens with zero attached hydrogens (tertiary/aromatic N) is 2. The molecule has 0 atom stereocenters. The highest BCUT2D eigenvalue weighted by Gasteiger charge is 2.32. The normalized spacial score (nSPS) is 17.3. The average molecular weight is 339 g/mol. The standard InChI is InChI=1S/C14H17N3O5S/c1-21-14(18)12-8-11(9-16-12)23(19,20)17-5-2-10(3-6-17)13-15-4-7-22-13/h4,7-10,16H,2-3,5-6H2,1H3. The van der Waals surface area contributed by atoms with Crippen molar-refractivity contribution in [2.24, 2.45) is 0 Å². The zero-order valence-electron chi connectivity index (χ0n) is 12.6. The first kappa shape index (κ1) is 15.8. The van der Waals surface area contributed by atoms with Crippen molar-refractivity contribution in [2.75, 3.05) is 20.2 Å². The topological polar surface area (TPSA) is 106 Å². The summed E-state index contributed by atoms with van der Waals surface area (Å²) in [6.07, 6.45) is 5.71. The van der Waals surface area contributed by atoms with Gasteiger partial charge in [0.05, 0.1) is 13.3 Å². The summed E-state index contributed by atoms with van der Waals surface area (Å²) in [5.41, 5.74) is 0.112. The van der Waals surface area contributed by atoms with E-state index in [4.69, 9.17) is 4.42 Å². The van der Waals surface area contributed by atoms with Gasteiger partial charge in [-0.05, 0) is 18.9 Å². The van der Waals surface area contributed by atoms with Crippen LogP contribution in [0.5, 0.6) is 0 Å². The van der Waals surface area contributed by atoms with E-state index < -0.39 is 16.0 Å². The van der Waals surface area contributed by atoms with Gasteiger partial charge < -0.3 is 14.1 Å². The van der Waals surface area contributed by atoms with Crippen LogP contribution in [0, 0.1) is 0 Å². The zero-order valence-corrected chi connectivity index (χ0v) is 13.4. The molecule has 1 N–H and O–H groups in total. The molecule has 0 saturated carbocycles. The van der Waals surface area contributed by atoms with E-state index >= 15 is 0 Å². The number of sulfonamides is 1. The van der Waals surface area contributed by atoms with Crippen LogP contribution < -0.4 is 0 Å². The van der Waals surface area contributed by atoms with Crippen molar-refractivity contribution in [1.29, 1.82) is 0 Å². The van der Waals surface area contributed by atoms with Crippen LogP contribution in [0.2, 0.25) is 0 Å². The number of nitrogens with one attached hydrogen (secondary N) is 1. The maximum Gasteiger partial charge on any atom is 0.354 e. The third kappa shape index (κ3) is 3.02. The maximum absolute atomic E-state index is 12.6. The molecule has 0 radical (unpaired) electrons. The Balaban J connectivity index is 1.71. The van der Waals surface area contributed by atoms with Gasteiger partial charge in [0.2, 0.25) is 10.0 Å². The second-order valence-electron chi connectivity index (χ2n) is 5.29. The third-order valence-electron chi connectivity index (χ3n) is 3.95. The SMILES string of the molecule is COC(=O)c1cc(S(=O)(=O)N2CCC(c3ncco3)CC2)c[nH]1. The molecule has 8 nitrogen and oxygen atoms in total. The first-order chi connectivity index (χ1) is 11.0. The number of ether oxygens (including phenoxy) is 1. The fourth-order valence-electron chi connectivity index (χ4n) is 2.68. The van der Waals surface area contributed by atoms with Gasteiger partial charge in [-0.3, -0.25) is 0 Å². The van der Waals surface area contributed by atoms with Gasteiger partial charge in [-0.25, -0.2) is 18.2 Å². The predicted molar refractivity (Wildman–Crippen MR) is 79.4 cm³/mol. The number of piperidine rings is 1. The summed E-state index contributed by atoms with van der Waals surface area (Å²) in [7, 11) is -2.39. The van der Waals surface area contributed by atoms with Crippen LogP contribution >= 0.6 is 0 Å². The largest absolute Gasteiger partial charge is 0.464 e. The van der Waals surface area contributed by atoms with Crippen molar-refractivity contribution in [1.82, 2.24) is 14.3 Å². The average Bonchev–Trinajstić information content (AvgIpc) is 3.26. The fourth-order valence-corrected chi connectivity index (χ4v) is 4.14. The number of methoxy groups -OCH3 is 1. The number of aromatic nitrogens is 2. The van der Waals surface area contributed by atoms with Gasteiger partial charge in [0.25, 0.3) is 0 Å². The number of carbonyl (C=O) groups is 1. The van der Waals surface area contributed by atoms with Crippen LogP contribution in [0.25, 0.3) is 0 Å². The molecule has 1 fully saturated rings. The molecule has 3 heterocycles. The molecule has 3 rings (SSSR count). The van der Waals surface area contributed by atoms with Gasteiger partial charge in [0, 0.05) is 25.2 Å². The molecular formula is C14H17N3O5S. The monoisotopic (exact) mass is 339 g/mol. The van der Waals surface area contributed by atoms with Gasteiger partial charge in [-0.2, -0.15) is 4.31 Å². The minimum atomic E-state index is -3.63. The molecule has 9 heteroatoms. The van der Waals surface area contributed by atoms with Gasteiger partial charge >= 0.3 is 5.97 Å². The van der Waals surface area contributed by atoms with Crippen LogP contribution in [0.15, 0.2) is 34.0 Å². The predicted octanol–water partition coefficient (Wildman–Crippen LogP) is 1.36. The van der Waals surface area contributed by atoms with E-state index in [1.807, 2.05) is 0 Å². The number of oxazole rings is 1. The van der Waals surface area contributed by atoms with Crippen molar-refractivity contribution >= 4 is 16.0 Å². The quantitative estimate of drug-likeness (QED) is 0.843. The molecule has 2 aromatic heterocycles. The highest BCUT2D eigenvalue weighted by molar-refractivity contribution is 7.89. The Hall–Kier alpha value is -2.13. The third-order valence-corrected chi connectivity index (χ3v) is 5.83. The van der Waals surface area contributed by atoms with E-state index in [9.17, 15) is 13.2 Å². The number of rotatable bonds is 4. The molecule has 0 bridgehead atoms. The number of carbonyl (C=O) groups excluding carboxylic acids is 1. The Kier molecular flexibility index (Phi) is 4.22. The molecule has 0 aliphatic carbocycles. The van der Waals surface area contributed by atoms with E-state index in [0.29, 0.717) is 31.8 Å². The molecule has 0 amide bonds. The number of esters is 1.